The maximum atomic E-state index is 12.9. The Morgan fingerprint density at radius 3 is 3.00 bits per heavy atom. The highest BCUT2D eigenvalue weighted by molar-refractivity contribution is 7.18. The number of nitrogens with zero attached hydrogens (tertiary/aromatic N) is 2. The summed E-state index contributed by atoms with van der Waals surface area (Å²) in [5.41, 5.74) is 1.64. The van der Waals surface area contributed by atoms with Crippen molar-refractivity contribution in [2.45, 2.75) is 32.9 Å². The van der Waals surface area contributed by atoms with Crippen LogP contribution in [0, 0.1) is 12.8 Å². The van der Waals surface area contributed by atoms with Crippen LogP contribution in [0.15, 0.2) is 41.3 Å². The molecule has 0 saturated carbocycles. The average Bonchev–Trinajstić information content (AvgIpc) is 3.12. The van der Waals surface area contributed by atoms with Crippen molar-refractivity contribution < 1.29 is 4.79 Å². The Morgan fingerprint density at radius 1 is 1.36 bits per heavy atom. The predicted octanol–water partition coefficient (Wildman–Crippen LogP) is 2.70. The molecule has 3 heterocycles. The topological polar surface area (TPSA) is 76.0 Å². The van der Waals surface area contributed by atoms with Crippen molar-refractivity contribution in [3.63, 3.8) is 0 Å². The standard InChI is InChI=1S/C21H24N4O2S/c1-14-8-10-25(13-15-5-4-9-22-11-15)21(27)19(14)20(26)23-12-18-24-16-6-2-3-7-17(16)28-18/h2-3,6-8,10,15,22H,4-5,9,11-13H2,1H3,(H,23,26). The summed E-state index contributed by atoms with van der Waals surface area (Å²) in [4.78, 5) is 30.2. The second kappa shape index (κ2) is 8.24. The number of thiazole rings is 1. The molecule has 0 aliphatic carbocycles. The predicted molar refractivity (Wildman–Crippen MR) is 112 cm³/mol. The molecule has 28 heavy (non-hydrogen) atoms. The average molecular weight is 397 g/mol. The number of piperidine rings is 1. The Balaban J connectivity index is 1.49. The fraction of sp³-hybridized carbons (Fsp3) is 0.381. The Kier molecular flexibility index (Phi) is 5.54. The minimum Gasteiger partial charge on any atom is -0.345 e. The Morgan fingerprint density at radius 2 is 2.21 bits per heavy atom. The number of aromatic nitrogens is 2. The number of hydrogen-bond donors (Lipinski definition) is 2. The zero-order valence-corrected chi connectivity index (χ0v) is 16.7. The summed E-state index contributed by atoms with van der Waals surface area (Å²) in [6, 6.07) is 9.74. The molecule has 3 aromatic rings. The summed E-state index contributed by atoms with van der Waals surface area (Å²) >= 11 is 1.55. The Labute approximate surface area is 167 Å². The third kappa shape index (κ3) is 4.00. The molecule has 6 nitrogen and oxygen atoms in total. The molecule has 7 heteroatoms. The molecule has 2 aromatic heterocycles. The molecule has 1 fully saturated rings. The highest BCUT2D eigenvalue weighted by Gasteiger charge is 2.19. The second-order valence-corrected chi connectivity index (χ2v) is 8.42. The number of carbonyl (C=O) groups is 1. The largest absolute Gasteiger partial charge is 0.345 e. The van der Waals surface area contributed by atoms with Crippen LogP contribution in [0.2, 0.25) is 0 Å². The fourth-order valence-electron chi connectivity index (χ4n) is 3.68. The SMILES string of the molecule is Cc1ccn(CC2CCCNC2)c(=O)c1C(=O)NCc1nc2ccccc2s1. The van der Waals surface area contributed by atoms with Crippen LogP contribution in [0.1, 0.15) is 33.8 Å². The van der Waals surface area contributed by atoms with Crippen molar-refractivity contribution in [1.29, 1.82) is 0 Å². The normalized spacial score (nSPS) is 17.0. The van der Waals surface area contributed by atoms with Gasteiger partial charge in [0, 0.05) is 12.7 Å². The molecule has 0 bridgehead atoms. The number of nitrogens with one attached hydrogen (secondary N) is 2. The fourth-order valence-corrected chi connectivity index (χ4v) is 4.59. The zero-order chi connectivity index (χ0) is 19.5. The summed E-state index contributed by atoms with van der Waals surface area (Å²) in [6.45, 7) is 4.72. The first kappa shape index (κ1) is 18.8. The molecule has 1 aromatic carbocycles. The van der Waals surface area contributed by atoms with E-state index in [0.29, 0.717) is 24.6 Å². The quantitative estimate of drug-likeness (QED) is 0.695. The van der Waals surface area contributed by atoms with Gasteiger partial charge in [0.05, 0.1) is 16.8 Å². The van der Waals surface area contributed by atoms with Crippen LogP contribution >= 0.6 is 11.3 Å². The van der Waals surface area contributed by atoms with Crippen LogP contribution in [0.5, 0.6) is 0 Å². The van der Waals surface area contributed by atoms with Gasteiger partial charge in [-0.25, -0.2) is 4.98 Å². The highest BCUT2D eigenvalue weighted by Crippen LogP contribution is 2.21. The molecule has 1 unspecified atom stereocenters. The van der Waals surface area contributed by atoms with Crippen LogP contribution in [0.3, 0.4) is 0 Å². The summed E-state index contributed by atoms with van der Waals surface area (Å²) in [5.74, 6) is 0.0886. The summed E-state index contributed by atoms with van der Waals surface area (Å²) < 4.78 is 2.77. The van der Waals surface area contributed by atoms with E-state index in [1.165, 1.54) is 0 Å². The minimum absolute atomic E-state index is 0.215. The minimum atomic E-state index is -0.335. The summed E-state index contributed by atoms with van der Waals surface area (Å²) in [6.07, 6.45) is 4.03. The van der Waals surface area contributed by atoms with E-state index in [9.17, 15) is 9.59 Å². The number of benzene rings is 1. The van der Waals surface area contributed by atoms with Gasteiger partial charge in [-0.1, -0.05) is 12.1 Å². The smallest absolute Gasteiger partial charge is 0.263 e. The van der Waals surface area contributed by atoms with Crippen molar-refractivity contribution in [2.75, 3.05) is 13.1 Å². The third-order valence-electron chi connectivity index (χ3n) is 5.19. The maximum absolute atomic E-state index is 12.9. The van der Waals surface area contributed by atoms with E-state index >= 15 is 0 Å². The molecular weight excluding hydrogens is 372 g/mol. The van der Waals surface area contributed by atoms with Crippen molar-refractivity contribution in [1.82, 2.24) is 20.2 Å². The first-order valence-electron chi connectivity index (χ1n) is 9.65. The van der Waals surface area contributed by atoms with Gasteiger partial charge in [-0.3, -0.25) is 9.59 Å². The van der Waals surface area contributed by atoms with E-state index in [0.717, 1.165) is 41.2 Å². The molecule has 1 amide bonds. The monoisotopic (exact) mass is 396 g/mol. The number of amides is 1. The van der Waals surface area contributed by atoms with Gasteiger partial charge in [-0.05, 0) is 62.5 Å². The molecule has 1 aliphatic heterocycles. The van der Waals surface area contributed by atoms with Gasteiger partial charge < -0.3 is 15.2 Å². The number of carbonyl (C=O) groups excluding carboxylic acids is 1. The number of hydrogen-bond acceptors (Lipinski definition) is 5. The van der Waals surface area contributed by atoms with E-state index in [2.05, 4.69) is 15.6 Å². The highest BCUT2D eigenvalue weighted by atomic mass is 32.1. The van der Waals surface area contributed by atoms with Gasteiger partial charge in [0.25, 0.3) is 11.5 Å². The van der Waals surface area contributed by atoms with Gasteiger partial charge >= 0.3 is 0 Å². The number of pyridine rings is 1. The van der Waals surface area contributed by atoms with Crippen molar-refractivity contribution in [3.8, 4) is 0 Å². The summed E-state index contributed by atoms with van der Waals surface area (Å²) in [5, 5.41) is 7.07. The lowest BCUT2D eigenvalue weighted by Gasteiger charge is -2.23. The van der Waals surface area contributed by atoms with E-state index in [1.54, 1.807) is 29.0 Å². The molecule has 1 atom stereocenters. The van der Waals surface area contributed by atoms with Crippen LogP contribution in [-0.2, 0) is 13.1 Å². The molecule has 2 N–H and O–H groups in total. The zero-order valence-electron chi connectivity index (χ0n) is 15.9. The Hall–Kier alpha value is -2.51. The maximum Gasteiger partial charge on any atom is 0.263 e. The second-order valence-electron chi connectivity index (χ2n) is 7.30. The number of para-hydroxylation sites is 1. The van der Waals surface area contributed by atoms with Crippen LogP contribution in [-0.4, -0.2) is 28.5 Å². The first-order chi connectivity index (χ1) is 13.6. The van der Waals surface area contributed by atoms with E-state index in [4.69, 9.17) is 0 Å². The van der Waals surface area contributed by atoms with Gasteiger partial charge in [-0.2, -0.15) is 0 Å². The van der Waals surface area contributed by atoms with Crippen molar-refractivity contribution in [3.05, 3.63) is 63.0 Å². The van der Waals surface area contributed by atoms with E-state index < -0.39 is 0 Å². The lowest BCUT2D eigenvalue weighted by Crippen LogP contribution is -2.37. The number of rotatable bonds is 5. The third-order valence-corrected chi connectivity index (χ3v) is 6.23. The van der Waals surface area contributed by atoms with E-state index in [1.807, 2.05) is 30.3 Å². The van der Waals surface area contributed by atoms with Gasteiger partial charge in [0.15, 0.2) is 0 Å². The molecule has 1 saturated heterocycles. The lowest BCUT2D eigenvalue weighted by atomic mass is 9.99. The molecule has 1 aliphatic rings. The van der Waals surface area contributed by atoms with Crippen molar-refractivity contribution >= 4 is 27.5 Å². The van der Waals surface area contributed by atoms with Gasteiger partial charge in [0.2, 0.25) is 0 Å². The van der Waals surface area contributed by atoms with Crippen molar-refractivity contribution in [2.24, 2.45) is 5.92 Å². The number of aryl methyl sites for hydroxylation is 1. The number of fused-ring (bicyclic) bond motifs is 1. The van der Waals surface area contributed by atoms with Crippen LogP contribution in [0.4, 0.5) is 0 Å². The first-order valence-corrected chi connectivity index (χ1v) is 10.5. The van der Waals surface area contributed by atoms with Gasteiger partial charge in [0.1, 0.15) is 10.6 Å². The summed E-state index contributed by atoms with van der Waals surface area (Å²) in [7, 11) is 0. The molecule has 146 valence electrons. The van der Waals surface area contributed by atoms with Crippen LogP contribution in [0.25, 0.3) is 10.2 Å². The Bertz CT molecular complexity index is 1020. The molecule has 0 spiro atoms. The lowest BCUT2D eigenvalue weighted by molar-refractivity contribution is 0.0948. The van der Waals surface area contributed by atoms with Crippen LogP contribution < -0.4 is 16.2 Å². The van der Waals surface area contributed by atoms with E-state index in [-0.39, 0.29) is 17.0 Å². The molecule has 0 radical (unpaired) electrons. The molecular formula is C21H24N4O2S. The molecule has 4 rings (SSSR count). The van der Waals surface area contributed by atoms with Gasteiger partial charge in [-0.15, -0.1) is 11.3 Å².